The molecule has 0 aromatic carbocycles. The molecule has 0 heterocycles. The quantitative estimate of drug-likeness (QED) is 0.0146. The van der Waals surface area contributed by atoms with Gasteiger partial charge in [0.05, 0.1) is 26.4 Å². The number of carbonyl (C=O) groups excluding carboxylic acids is 3. The van der Waals surface area contributed by atoms with Crippen molar-refractivity contribution in [2.24, 2.45) is 0 Å². The summed E-state index contributed by atoms with van der Waals surface area (Å²) in [6.07, 6.45) is 68.1. The molecule has 5 atom stereocenters. The Hall–Kier alpha value is -4.31. The van der Waals surface area contributed by atoms with Crippen molar-refractivity contribution >= 4 is 33.6 Å². The van der Waals surface area contributed by atoms with Gasteiger partial charge in [-0.2, -0.15) is 0 Å². The van der Waals surface area contributed by atoms with Crippen LogP contribution in [0.15, 0.2) is 134 Å². The van der Waals surface area contributed by atoms with Crippen molar-refractivity contribution in [3.63, 3.8) is 0 Å². The summed E-state index contributed by atoms with van der Waals surface area (Å²) in [6, 6.07) is 0. The Balaban J connectivity index is 4.78. The smallest absolute Gasteiger partial charge is 0.463 e. The number of phosphoric acid groups is 2. The minimum absolute atomic E-state index is 0.0558. The first-order valence-electron chi connectivity index (χ1n) is 31.5. The summed E-state index contributed by atoms with van der Waals surface area (Å²) >= 11 is 0. The van der Waals surface area contributed by atoms with E-state index in [0.717, 1.165) is 128 Å². The Bertz CT molecular complexity index is 2090. The molecule has 0 amide bonds. The molecule has 0 aromatic rings. The second-order valence-corrected chi connectivity index (χ2v) is 23.3. The lowest BCUT2D eigenvalue weighted by molar-refractivity contribution is -0.161. The highest BCUT2D eigenvalue weighted by atomic mass is 31.2. The molecule has 0 aliphatic rings. The van der Waals surface area contributed by atoms with Crippen LogP contribution in [-0.2, 0) is 55.8 Å². The SMILES string of the molecule is CC/C=C\C/C=C\C/C=C\C/C=C\C/C=C\C/C=C\CCC(=O)OCC(O)COP(=O)(O)OCC(O)COP(=O)(O)OCC(COC(=O)CCCCCCC/C=C\C/C=C\C/C=C\CC)OC(=O)CCCCCCC/C=C\C/C=C\CCCCC. The van der Waals surface area contributed by atoms with E-state index in [-0.39, 0.29) is 19.3 Å². The summed E-state index contributed by atoms with van der Waals surface area (Å²) in [5.74, 6) is -1.70. The van der Waals surface area contributed by atoms with E-state index in [9.17, 15) is 43.5 Å². The lowest BCUT2D eigenvalue weighted by Crippen LogP contribution is -2.30. The van der Waals surface area contributed by atoms with Gasteiger partial charge in [0, 0.05) is 19.3 Å². The van der Waals surface area contributed by atoms with Gasteiger partial charge in [0.2, 0.25) is 0 Å². The Morgan fingerprint density at radius 2 is 0.647 bits per heavy atom. The zero-order valence-corrected chi connectivity index (χ0v) is 53.8. The van der Waals surface area contributed by atoms with E-state index in [1.807, 2.05) is 18.2 Å². The molecular formula is C67H110O16P2. The van der Waals surface area contributed by atoms with Gasteiger partial charge in [-0.25, -0.2) is 9.13 Å². The fraction of sp³-hybridized carbons (Fsp3) is 0.627. The topological polar surface area (TPSA) is 231 Å². The summed E-state index contributed by atoms with van der Waals surface area (Å²) in [5, 5.41) is 20.5. The lowest BCUT2D eigenvalue weighted by Gasteiger charge is -2.21. The first-order chi connectivity index (χ1) is 41.2. The molecule has 5 unspecified atom stereocenters. The number of hydrogen-bond donors (Lipinski definition) is 4. The van der Waals surface area contributed by atoms with Crippen molar-refractivity contribution in [3.8, 4) is 0 Å². The molecule has 484 valence electrons. The van der Waals surface area contributed by atoms with Crippen LogP contribution in [0.1, 0.15) is 213 Å². The first kappa shape index (κ1) is 80.7. The van der Waals surface area contributed by atoms with Crippen LogP contribution in [0.5, 0.6) is 0 Å². The second-order valence-electron chi connectivity index (χ2n) is 20.4. The van der Waals surface area contributed by atoms with Gasteiger partial charge < -0.3 is 34.2 Å². The molecule has 0 saturated heterocycles. The zero-order chi connectivity index (χ0) is 62.4. The van der Waals surface area contributed by atoms with Crippen molar-refractivity contribution in [2.75, 3.05) is 39.6 Å². The van der Waals surface area contributed by atoms with Crippen molar-refractivity contribution in [1.82, 2.24) is 0 Å². The van der Waals surface area contributed by atoms with E-state index in [1.165, 1.54) is 19.3 Å². The molecule has 0 aliphatic carbocycles. The monoisotopic (exact) mass is 1230 g/mol. The fourth-order valence-corrected chi connectivity index (χ4v) is 9.16. The normalized spacial score (nSPS) is 15.2. The molecule has 0 saturated carbocycles. The van der Waals surface area contributed by atoms with Gasteiger partial charge in [0.1, 0.15) is 25.4 Å². The van der Waals surface area contributed by atoms with Gasteiger partial charge in [-0.05, 0) is 122 Å². The number of aliphatic hydroxyl groups excluding tert-OH is 2. The zero-order valence-electron chi connectivity index (χ0n) is 52.0. The Kier molecular flexibility index (Phi) is 57.0. The molecule has 0 rings (SSSR count). The highest BCUT2D eigenvalue weighted by molar-refractivity contribution is 7.47. The van der Waals surface area contributed by atoms with Crippen LogP contribution in [0.4, 0.5) is 0 Å². The molecule has 4 N–H and O–H groups in total. The molecule has 16 nitrogen and oxygen atoms in total. The maximum atomic E-state index is 12.9. The van der Waals surface area contributed by atoms with Crippen LogP contribution < -0.4 is 0 Å². The van der Waals surface area contributed by atoms with Gasteiger partial charge in [-0.1, -0.05) is 206 Å². The van der Waals surface area contributed by atoms with Crippen LogP contribution in [0.2, 0.25) is 0 Å². The molecule has 0 fully saturated rings. The number of carbonyl (C=O) groups is 3. The number of esters is 3. The molecule has 0 aliphatic heterocycles. The highest BCUT2D eigenvalue weighted by Gasteiger charge is 2.29. The minimum atomic E-state index is -4.94. The van der Waals surface area contributed by atoms with E-state index >= 15 is 0 Å². The molecular weight excluding hydrogens is 1120 g/mol. The van der Waals surface area contributed by atoms with Gasteiger partial charge in [-0.3, -0.25) is 32.5 Å². The Morgan fingerprint density at radius 3 is 1.06 bits per heavy atom. The average Bonchev–Trinajstić information content (AvgIpc) is 3.52. The summed E-state index contributed by atoms with van der Waals surface area (Å²) in [5.41, 5.74) is 0. The Morgan fingerprint density at radius 1 is 0.341 bits per heavy atom. The second kappa shape index (κ2) is 60.0. The maximum Gasteiger partial charge on any atom is 0.472 e. The van der Waals surface area contributed by atoms with E-state index in [4.69, 9.17) is 32.3 Å². The van der Waals surface area contributed by atoms with Crippen molar-refractivity contribution in [3.05, 3.63) is 134 Å². The number of rotatable bonds is 58. The van der Waals surface area contributed by atoms with Crippen LogP contribution in [0.3, 0.4) is 0 Å². The van der Waals surface area contributed by atoms with E-state index < -0.39 is 91.5 Å². The van der Waals surface area contributed by atoms with Crippen LogP contribution in [-0.4, -0.2) is 95.9 Å². The predicted octanol–water partition coefficient (Wildman–Crippen LogP) is 16.9. The summed E-state index contributed by atoms with van der Waals surface area (Å²) in [6.45, 7) is 2.25. The molecule has 0 spiro atoms. The third kappa shape index (κ3) is 61.1. The predicted molar refractivity (Wildman–Crippen MR) is 343 cm³/mol. The molecule has 0 radical (unpaired) electrons. The lowest BCUT2D eigenvalue weighted by atomic mass is 10.1. The minimum Gasteiger partial charge on any atom is -0.463 e. The van der Waals surface area contributed by atoms with Gasteiger partial charge in [0.15, 0.2) is 6.10 Å². The van der Waals surface area contributed by atoms with Crippen LogP contribution in [0, 0.1) is 0 Å². The molecule has 0 bridgehead atoms. The maximum absolute atomic E-state index is 12.9. The number of ether oxygens (including phenoxy) is 3. The number of allylic oxidation sites excluding steroid dienone is 22. The largest absolute Gasteiger partial charge is 0.472 e. The number of hydrogen-bond acceptors (Lipinski definition) is 14. The van der Waals surface area contributed by atoms with Crippen LogP contribution in [0.25, 0.3) is 0 Å². The van der Waals surface area contributed by atoms with Crippen LogP contribution >= 0.6 is 15.6 Å². The summed E-state index contributed by atoms with van der Waals surface area (Å²) in [7, 11) is -9.81. The third-order valence-corrected chi connectivity index (χ3v) is 14.3. The average molecular weight is 1230 g/mol. The first-order valence-corrected chi connectivity index (χ1v) is 34.5. The molecule has 85 heavy (non-hydrogen) atoms. The summed E-state index contributed by atoms with van der Waals surface area (Å²) < 4.78 is 60.6. The van der Waals surface area contributed by atoms with Gasteiger partial charge in [0.25, 0.3) is 0 Å². The van der Waals surface area contributed by atoms with E-state index in [2.05, 4.69) is 136 Å². The van der Waals surface area contributed by atoms with E-state index in [0.29, 0.717) is 25.7 Å². The van der Waals surface area contributed by atoms with Gasteiger partial charge >= 0.3 is 33.6 Å². The van der Waals surface area contributed by atoms with E-state index in [1.54, 1.807) is 0 Å². The number of unbranched alkanes of at least 4 members (excludes halogenated alkanes) is 13. The Labute approximate surface area is 512 Å². The third-order valence-electron chi connectivity index (χ3n) is 12.4. The summed E-state index contributed by atoms with van der Waals surface area (Å²) in [4.78, 5) is 58.2. The molecule has 0 aromatic heterocycles. The fourth-order valence-electron chi connectivity index (χ4n) is 7.58. The van der Waals surface area contributed by atoms with Crippen molar-refractivity contribution < 1.29 is 75.8 Å². The van der Waals surface area contributed by atoms with Crippen molar-refractivity contribution in [1.29, 1.82) is 0 Å². The number of aliphatic hydroxyl groups is 2. The highest BCUT2D eigenvalue weighted by Crippen LogP contribution is 2.45. The molecule has 18 heteroatoms. The van der Waals surface area contributed by atoms with Crippen molar-refractivity contribution in [2.45, 2.75) is 232 Å². The van der Waals surface area contributed by atoms with Gasteiger partial charge in [-0.15, -0.1) is 0 Å². The number of phosphoric ester groups is 2. The standard InChI is InChI=1S/C67H110O16P2/c1-4-7-10-13-16-19-22-25-28-29-30-31-34-36-38-41-44-47-50-53-65(70)77-56-62(68)57-79-84(73,74)80-58-63(69)59-81-85(75,76)82-61-64(83-67(72)55-52-49-46-43-40-37-33-27-24-21-18-15-12-9-6-3)60-78-66(71)54-51-48-45-42-39-35-32-26-23-20-17-14-11-8-5-2/h7-8,10-11,16-21,25-28,30-33,36,38,44,47,62-64,68-69H,4-6,9,12-15,22-24,29,34-35,37,39-43,45-46,48-61H2,1-3H3,(H,73,74)(H,75,76)/b10-7-,11-8-,19-16-,20-17-,21-18-,28-25-,31-30-,32-26-,33-27-,38-36-,47-44-.